The van der Waals surface area contributed by atoms with Crippen molar-refractivity contribution in [2.75, 3.05) is 6.54 Å². The zero-order valence-electron chi connectivity index (χ0n) is 8.60. The van der Waals surface area contributed by atoms with Crippen LogP contribution in [-0.4, -0.2) is 22.5 Å². The van der Waals surface area contributed by atoms with E-state index in [1.807, 2.05) is 6.08 Å². The smallest absolute Gasteiger partial charge is 0.217 e. The highest BCUT2D eigenvalue weighted by molar-refractivity contribution is 5.73. The first kappa shape index (κ1) is 11.4. The van der Waals surface area contributed by atoms with E-state index >= 15 is 0 Å². The molecule has 1 aromatic rings. The van der Waals surface area contributed by atoms with E-state index in [1.165, 1.54) is 6.92 Å². The van der Waals surface area contributed by atoms with Gasteiger partial charge in [0, 0.05) is 19.7 Å². The molecule has 4 heteroatoms. The second-order valence-electron chi connectivity index (χ2n) is 3.09. The van der Waals surface area contributed by atoms with Crippen LogP contribution in [0.1, 0.15) is 18.2 Å². The first-order valence-corrected chi connectivity index (χ1v) is 4.69. The molecule has 2 N–H and O–H groups in total. The Morgan fingerprint density at radius 1 is 1.67 bits per heavy atom. The molecule has 1 amide bonds. The molecule has 0 unspecified atom stereocenters. The lowest BCUT2D eigenvalue weighted by Gasteiger charge is -1.97. The number of hydrogen-bond donors (Lipinski definition) is 2. The monoisotopic (exact) mass is 206 g/mol. The zero-order valence-corrected chi connectivity index (χ0v) is 8.60. The fourth-order valence-electron chi connectivity index (χ4n) is 1.07. The summed E-state index contributed by atoms with van der Waals surface area (Å²) in [6, 6.07) is 3.55. The molecule has 0 atom stereocenters. The molecule has 1 aromatic heterocycles. The molecule has 0 radical (unpaired) electrons. The maximum Gasteiger partial charge on any atom is 0.217 e. The van der Waals surface area contributed by atoms with Gasteiger partial charge in [-0.1, -0.05) is 6.08 Å². The average Bonchev–Trinajstić information content (AvgIpc) is 2.24. The third-order valence-corrected chi connectivity index (χ3v) is 1.79. The van der Waals surface area contributed by atoms with Gasteiger partial charge in [-0.05, 0) is 23.8 Å². The number of aliphatic hydroxyl groups is 1. The number of aliphatic hydroxyl groups excluding tert-OH is 1. The normalized spacial score (nSPS) is 10.5. The lowest BCUT2D eigenvalue weighted by Crippen LogP contribution is -2.19. The molecule has 0 aromatic carbocycles. The highest BCUT2D eigenvalue weighted by atomic mass is 16.3. The standard InChI is InChI=1S/C11H14N2O2/c1-9(15)12-5-2-3-11-7-10(8-14)4-6-13-11/h2-4,6-7,14H,5,8H2,1H3,(H,12,15). The van der Waals surface area contributed by atoms with Gasteiger partial charge in [-0.15, -0.1) is 0 Å². The number of carbonyl (C=O) groups excluding carboxylic acids is 1. The molecular formula is C11H14N2O2. The van der Waals surface area contributed by atoms with Crippen LogP contribution in [0.3, 0.4) is 0 Å². The molecule has 0 aliphatic rings. The third-order valence-electron chi connectivity index (χ3n) is 1.79. The Bertz CT molecular complexity index is 361. The predicted molar refractivity (Wildman–Crippen MR) is 57.9 cm³/mol. The average molecular weight is 206 g/mol. The number of hydrogen-bond acceptors (Lipinski definition) is 3. The number of rotatable bonds is 4. The van der Waals surface area contributed by atoms with Crippen LogP contribution in [0.15, 0.2) is 24.4 Å². The molecule has 0 aliphatic carbocycles. The van der Waals surface area contributed by atoms with Crippen LogP contribution in [0, 0.1) is 0 Å². The van der Waals surface area contributed by atoms with Gasteiger partial charge in [-0.25, -0.2) is 0 Å². The molecular weight excluding hydrogens is 192 g/mol. The summed E-state index contributed by atoms with van der Waals surface area (Å²) in [5.41, 5.74) is 1.59. The van der Waals surface area contributed by atoms with E-state index in [9.17, 15) is 4.79 Å². The summed E-state index contributed by atoms with van der Waals surface area (Å²) in [6.07, 6.45) is 5.25. The molecule has 4 nitrogen and oxygen atoms in total. The van der Waals surface area contributed by atoms with Crippen LogP contribution in [0.2, 0.25) is 0 Å². The maximum atomic E-state index is 10.6. The topological polar surface area (TPSA) is 62.2 Å². The number of carbonyl (C=O) groups is 1. The van der Waals surface area contributed by atoms with Gasteiger partial charge in [-0.2, -0.15) is 0 Å². The Kier molecular flexibility index (Phi) is 4.50. The van der Waals surface area contributed by atoms with Gasteiger partial charge in [0.1, 0.15) is 0 Å². The van der Waals surface area contributed by atoms with Crippen molar-refractivity contribution in [3.63, 3.8) is 0 Å². The van der Waals surface area contributed by atoms with Gasteiger partial charge in [0.15, 0.2) is 0 Å². The third kappa shape index (κ3) is 4.37. The fourth-order valence-corrected chi connectivity index (χ4v) is 1.07. The number of nitrogens with zero attached hydrogens (tertiary/aromatic N) is 1. The second kappa shape index (κ2) is 5.93. The molecule has 0 spiro atoms. The zero-order chi connectivity index (χ0) is 11.1. The van der Waals surface area contributed by atoms with Crippen molar-refractivity contribution < 1.29 is 9.90 Å². The van der Waals surface area contributed by atoms with Gasteiger partial charge in [-0.3, -0.25) is 9.78 Å². The molecule has 1 heterocycles. The minimum absolute atomic E-state index is 0.00898. The van der Waals surface area contributed by atoms with Crippen molar-refractivity contribution in [2.24, 2.45) is 0 Å². The molecule has 0 bridgehead atoms. The summed E-state index contributed by atoms with van der Waals surface area (Å²) in [6.45, 7) is 1.97. The van der Waals surface area contributed by atoms with Crippen LogP contribution >= 0.6 is 0 Å². The van der Waals surface area contributed by atoms with Gasteiger partial charge >= 0.3 is 0 Å². The summed E-state index contributed by atoms with van der Waals surface area (Å²) >= 11 is 0. The van der Waals surface area contributed by atoms with Crippen molar-refractivity contribution in [1.82, 2.24) is 10.3 Å². The van der Waals surface area contributed by atoms with Crippen molar-refractivity contribution in [1.29, 1.82) is 0 Å². The van der Waals surface area contributed by atoms with E-state index in [0.717, 1.165) is 11.3 Å². The van der Waals surface area contributed by atoms with E-state index in [1.54, 1.807) is 24.4 Å². The molecule has 15 heavy (non-hydrogen) atoms. The van der Waals surface area contributed by atoms with E-state index < -0.39 is 0 Å². The fraction of sp³-hybridized carbons (Fsp3) is 0.273. The highest BCUT2D eigenvalue weighted by Gasteiger charge is 1.92. The minimum Gasteiger partial charge on any atom is -0.392 e. The molecule has 0 saturated carbocycles. The molecule has 80 valence electrons. The summed E-state index contributed by atoms with van der Waals surface area (Å²) in [5.74, 6) is -0.0586. The number of pyridine rings is 1. The van der Waals surface area contributed by atoms with Crippen LogP contribution in [0.5, 0.6) is 0 Å². The van der Waals surface area contributed by atoms with Crippen LogP contribution in [-0.2, 0) is 11.4 Å². The first-order valence-electron chi connectivity index (χ1n) is 4.69. The Balaban J connectivity index is 2.52. The van der Waals surface area contributed by atoms with Crippen molar-refractivity contribution in [2.45, 2.75) is 13.5 Å². The lowest BCUT2D eigenvalue weighted by atomic mass is 10.2. The lowest BCUT2D eigenvalue weighted by molar-refractivity contribution is -0.118. The SMILES string of the molecule is CC(=O)NCC=Cc1cc(CO)ccn1. The Labute approximate surface area is 88.7 Å². The number of amides is 1. The molecule has 0 aliphatic heterocycles. The van der Waals surface area contributed by atoms with Crippen LogP contribution in [0.4, 0.5) is 0 Å². The summed E-state index contributed by atoms with van der Waals surface area (Å²) in [7, 11) is 0. The van der Waals surface area contributed by atoms with E-state index in [0.29, 0.717) is 6.54 Å². The summed E-state index contributed by atoms with van der Waals surface area (Å²) in [4.78, 5) is 14.7. The number of nitrogens with one attached hydrogen (secondary N) is 1. The molecule has 0 fully saturated rings. The Hall–Kier alpha value is -1.68. The van der Waals surface area contributed by atoms with Gasteiger partial charge in [0.25, 0.3) is 0 Å². The van der Waals surface area contributed by atoms with E-state index in [2.05, 4.69) is 10.3 Å². The van der Waals surface area contributed by atoms with E-state index in [4.69, 9.17) is 5.11 Å². The van der Waals surface area contributed by atoms with Gasteiger partial charge in [0.05, 0.1) is 12.3 Å². The Morgan fingerprint density at radius 2 is 2.47 bits per heavy atom. The highest BCUT2D eigenvalue weighted by Crippen LogP contribution is 2.02. The molecule has 0 saturated heterocycles. The van der Waals surface area contributed by atoms with Crippen LogP contribution in [0.25, 0.3) is 6.08 Å². The summed E-state index contributed by atoms with van der Waals surface area (Å²) in [5, 5.41) is 11.5. The van der Waals surface area contributed by atoms with Crippen molar-refractivity contribution in [3.8, 4) is 0 Å². The quantitative estimate of drug-likeness (QED) is 0.763. The van der Waals surface area contributed by atoms with E-state index in [-0.39, 0.29) is 12.5 Å². The Morgan fingerprint density at radius 3 is 3.13 bits per heavy atom. The molecule has 1 rings (SSSR count). The van der Waals surface area contributed by atoms with Crippen LogP contribution < -0.4 is 5.32 Å². The van der Waals surface area contributed by atoms with Crippen molar-refractivity contribution >= 4 is 12.0 Å². The van der Waals surface area contributed by atoms with Gasteiger partial charge < -0.3 is 10.4 Å². The largest absolute Gasteiger partial charge is 0.392 e. The van der Waals surface area contributed by atoms with Crippen molar-refractivity contribution in [3.05, 3.63) is 35.7 Å². The van der Waals surface area contributed by atoms with Gasteiger partial charge in [0.2, 0.25) is 5.91 Å². The predicted octanol–water partition coefficient (Wildman–Crippen LogP) is 0.723. The minimum atomic E-state index is -0.0586. The second-order valence-corrected chi connectivity index (χ2v) is 3.09. The summed E-state index contributed by atoms with van der Waals surface area (Å²) < 4.78 is 0. The maximum absolute atomic E-state index is 10.6. The first-order chi connectivity index (χ1) is 7.22. The number of aromatic nitrogens is 1.